The summed E-state index contributed by atoms with van der Waals surface area (Å²) in [5, 5.41) is 11.9. The number of benzene rings is 4. The van der Waals surface area contributed by atoms with Gasteiger partial charge in [0, 0.05) is 5.56 Å². The van der Waals surface area contributed by atoms with Crippen LogP contribution in [0.3, 0.4) is 0 Å². The maximum absolute atomic E-state index is 13.7. The zero-order chi connectivity index (χ0) is 29.4. The number of methoxy groups -OCH3 is 1. The number of aliphatic hydroxyl groups excluding tert-OH is 1. The summed E-state index contributed by atoms with van der Waals surface area (Å²) < 4.78 is 12.2. The predicted molar refractivity (Wildman–Crippen MR) is 164 cm³/mol. The van der Waals surface area contributed by atoms with Gasteiger partial charge in [0.1, 0.15) is 23.9 Å². The molecule has 6 rings (SSSR count). The standard InChI is InChI=1S/C34H28N2O5S/c1-20-16-21(2)29-27(17-20)42-34(35-29)36-30(24-10-7-11-26(18-24)41-19-22-8-5-4-6-9-22)28(32(38)33(36)39)31(37)23-12-14-25(40-3)15-13-23/h4-18,30,37H,19H2,1-3H3/b31-28+. The molecule has 0 radical (unpaired) electrons. The fraction of sp³-hybridized carbons (Fsp3) is 0.147. The molecule has 1 atom stereocenters. The smallest absolute Gasteiger partial charge is 0.301 e. The van der Waals surface area contributed by atoms with Crippen LogP contribution in [0.5, 0.6) is 11.5 Å². The number of ketones is 1. The topological polar surface area (TPSA) is 89.0 Å². The lowest BCUT2D eigenvalue weighted by atomic mass is 9.95. The van der Waals surface area contributed by atoms with E-state index in [0.29, 0.717) is 34.4 Å². The van der Waals surface area contributed by atoms with Crippen molar-refractivity contribution in [1.29, 1.82) is 0 Å². The molecule has 2 heterocycles. The SMILES string of the molecule is COc1ccc(/C(O)=C2\C(=O)C(=O)N(c3nc4c(C)cc(C)cc4s3)C2c2cccc(OCc3ccccc3)c2)cc1. The van der Waals surface area contributed by atoms with Crippen LogP contribution in [-0.2, 0) is 16.2 Å². The molecule has 1 amide bonds. The fourth-order valence-corrected chi connectivity index (χ4v) is 6.40. The molecule has 0 spiro atoms. The minimum Gasteiger partial charge on any atom is -0.507 e. The Hall–Kier alpha value is -4.95. The Kier molecular flexibility index (Phi) is 7.22. The number of amides is 1. The third-order valence-electron chi connectivity index (χ3n) is 7.25. The number of carbonyl (C=O) groups excluding carboxylic acids is 2. The van der Waals surface area contributed by atoms with E-state index in [-0.39, 0.29) is 11.3 Å². The molecule has 1 fully saturated rings. The number of nitrogens with zero attached hydrogens (tertiary/aromatic N) is 2. The highest BCUT2D eigenvalue weighted by Crippen LogP contribution is 2.45. The van der Waals surface area contributed by atoms with Crippen molar-refractivity contribution < 1.29 is 24.2 Å². The highest BCUT2D eigenvalue weighted by Gasteiger charge is 2.48. The normalized spacial score (nSPS) is 16.3. The van der Waals surface area contributed by atoms with E-state index in [1.165, 1.54) is 16.2 Å². The number of aryl methyl sites for hydroxylation is 2. The lowest BCUT2D eigenvalue weighted by Crippen LogP contribution is -2.29. The van der Waals surface area contributed by atoms with Crippen LogP contribution in [-0.4, -0.2) is 28.9 Å². The largest absolute Gasteiger partial charge is 0.507 e. The molecule has 1 N–H and O–H groups in total. The van der Waals surface area contributed by atoms with E-state index in [2.05, 4.69) is 0 Å². The lowest BCUT2D eigenvalue weighted by molar-refractivity contribution is -0.132. The number of anilines is 1. The average Bonchev–Trinajstić information content (AvgIpc) is 3.54. The number of carbonyl (C=O) groups is 2. The molecule has 1 aliphatic rings. The molecule has 1 saturated heterocycles. The van der Waals surface area contributed by atoms with Crippen LogP contribution in [0.15, 0.2) is 96.6 Å². The Morgan fingerprint density at radius 3 is 2.43 bits per heavy atom. The van der Waals surface area contributed by atoms with Gasteiger partial charge >= 0.3 is 5.91 Å². The highest BCUT2D eigenvalue weighted by molar-refractivity contribution is 7.22. The molecule has 7 nitrogen and oxygen atoms in total. The van der Waals surface area contributed by atoms with Gasteiger partial charge in [-0.15, -0.1) is 0 Å². The number of Topliss-reactive ketones (excluding diaryl/α,β-unsaturated/α-hetero) is 1. The van der Waals surface area contributed by atoms with Crippen molar-refractivity contribution in [3.63, 3.8) is 0 Å². The van der Waals surface area contributed by atoms with E-state index in [4.69, 9.17) is 14.5 Å². The van der Waals surface area contributed by atoms with Gasteiger partial charge in [0.05, 0.1) is 28.9 Å². The van der Waals surface area contributed by atoms with Crippen LogP contribution in [0.2, 0.25) is 0 Å². The Morgan fingerprint density at radius 1 is 0.929 bits per heavy atom. The first-order chi connectivity index (χ1) is 20.3. The summed E-state index contributed by atoms with van der Waals surface area (Å²) in [6.07, 6.45) is 0. The van der Waals surface area contributed by atoms with Crippen molar-refractivity contribution in [1.82, 2.24) is 4.98 Å². The Labute approximate surface area is 247 Å². The summed E-state index contributed by atoms with van der Waals surface area (Å²) >= 11 is 1.34. The highest BCUT2D eigenvalue weighted by atomic mass is 32.1. The first-order valence-corrected chi connectivity index (χ1v) is 14.3. The van der Waals surface area contributed by atoms with Gasteiger partial charge in [-0.05, 0) is 78.6 Å². The molecule has 5 aromatic rings. The van der Waals surface area contributed by atoms with E-state index in [9.17, 15) is 14.7 Å². The molecule has 42 heavy (non-hydrogen) atoms. The minimum absolute atomic E-state index is 0.0162. The quantitative estimate of drug-likeness (QED) is 0.126. The third kappa shape index (κ3) is 5.01. The summed E-state index contributed by atoms with van der Waals surface area (Å²) in [7, 11) is 1.55. The molecular weight excluding hydrogens is 548 g/mol. The van der Waals surface area contributed by atoms with Gasteiger partial charge in [-0.25, -0.2) is 4.98 Å². The van der Waals surface area contributed by atoms with E-state index < -0.39 is 17.7 Å². The first kappa shape index (κ1) is 27.2. The number of hydrogen-bond donors (Lipinski definition) is 1. The second-order valence-corrected chi connectivity index (χ2v) is 11.2. The van der Waals surface area contributed by atoms with Crippen molar-refractivity contribution in [2.45, 2.75) is 26.5 Å². The van der Waals surface area contributed by atoms with Gasteiger partial charge in [-0.3, -0.25) is 14.5 Å². The molecule has 1 aliphatic heterocycles. The van der Waals surface area contributed by atoms with Gasteiger partial charge in [-0.1, -0.05) is 59.9 Å². The van der Waals surface area contributed by atoms with Gasteiger partial charge in [0.15, 0.2) is 5.13 Å². The Morgan fingerprint density at radius 2 is 1.69 bits per heavy atom. The molecule has 8 heteroatoms. The number of aliphatic hydroxyl groups is 1. The van der Waals surface area contributed by atoms with Crippen molar-refractivity contribution in [3.8, 4) is 11.5 Å². The van der Waals surface area contributed by atoms with Crippen LogP contribution in [0.25, 0.3) is 16.0 Å². The molecule has 4 aromatic carbocycles. The number of aromatic nitrogens is 1. The summed E-state index contributed by atoms with van der Waals surface area (Å²) in [5.41, 5.74) is 4.84. The molecule has 1 unspecified atom stereocenters. The first-order valence-electron chi connectivity index (χ1n) is 13.4. The van der Waals surface area contributed by atoms with Crippen LogP contribution in [0, 0.1) is 13.8 Å². The van der Waals surface area contributed by atoms with Crippen LogP contribution < -0.4 is 14.4 Å². The summed E-state index contributed by atoms with van der Waals surface area (Å²) in [5.74, 6) is -0.628. The van der Waals surface area contributed by atoms with Crippen molar-refractivity contribution in [3.05, 3.63) is 124 Å². The van der Waals surface area contributed by atoms with E-state index in [1.807, 2.05) is 74.5 Å². The molecular formula is C34H28N2O5S. The number of ether oxygens (including phenoxy) is 2. The number of rotatable bonds is 7. The van der Waals surface area contributed by atoms with Gasteiger partial charge in [0.2, 0.25) is 0 Å². The number of thiazole rings is 1. The molecule has 0 bridgehead atoms. The second kappa shape index (κ2) is 11.1. The predicted octanol–water partition coefficient (Wildman–Crippen LogP) is 7.13. The monoisotopic (exact) mass is 576 g/mol. The zero-order valence-electron chi connectivity index (χ0n) is 23.3. The van der Waals surface area contributed by atoms with Crippen LogP contribution in [0.1, 0.15) is 33.9 Å². The maximum atomic E-state index is 13.7. The Bertz CT molecular complexity index is 1840. The minimum atomic E-state index is -0.922. The summed E-state index contributed by atoms with van der Waals surface area (Å²) in [6.45, 7) is 4.34. The fourth-order valence-electron chi connectivity index (χ4n) is 5.23. The van der Waals surface area contributed by atoms with Gasteiger partial charge in [-0.2, -0.15) is 0 Å². The number of hydrogen-bond acceptors (Lipinski definition) is 7. The summed E-state index contributed by atoms with van der Waals surface area (Å²) in [6, 6.07) is 26.9. The van der Waals surface area contributed by atoms with Crippen molar-refractivity contribution >= 4 is 44.1 Å². The third-order valence-corrected chi connectivity index (χ3v) is 8.26. The molecule has 0 aliphatic carbocycles. The molecule has 1 aromatic heterocycles. The van der Waals surface area contributed by atoms with Crippen molar-refractivity contribution in [2.75, 3.05) is 12.0 Å². The average molecular weight is 577 g/mol. The zero-order valence-corrected chi connectivity index (χ0v) is 24.1. The van der Waals surface area contributed by atoms with Crippen LogP contribution in [0.4, 0.5) is 5.13 Å². The molecule has 0 saturated carbocycles. The van der Waals surface area contributed by atoms with Gasteiger partial charge in [0.25, 0.3) is 5.78 Å². The molecule has 210 valence electrons. The van der Waals surface area contributed by atoms with E-state index in [0.717, 1.165) is 26.9 Å². The lowest BCUT2D eigenvalue weighted by Gasteiger charge is -2.23. The Balaban J connectivity index is 1.48. The van der Waals surface area contributed by atoms with Crippen LogP contribution >= 0.6 is 11.3 Å². The number of fused-ring (bicyclic) bond motifs is 1. The maximum Gasteiger partial charge on any atom is 0.301 e. The summed E-state index contributed by atoms with van der Waals surface area (Å²) in [4.78, 5) is 33.6. The van der Waals surface area contributed by atoms with E-state index >= 15 is 0 Å². The second-order valence-electron chi connectivity index (χ2n) is 10.2. The van der Waals surface area contributed by atoms with Crippen molar-refractivity contribution in [2.24, 2.45) is 0 Å². The van der Waals surface area contributed by atoms with Gasteiger partial charge < -0.3 is 14.6 Å². The van der Waals surface area contributed by atoms with E-state index in [1.54, 1.807) is 37.4 Å².